The summed E-state index contributed by atoms with van der Waals surface area (Å²) in [6.45, 7) is 2.15. The summed E-state index contributed by atoms with van der Waals surface area (Å²) in [6.07, 6.45) is 2.57. The second-order valence-electron chi connectivity index (χ2n) is 6.47. The molecule has 0 spiro atoms. The molecule has 1 fully saturated rings. The van der Waals surface area contributed by atoms with Crippen molar-refractivity contribution < 1.29 is 22.0 Å². The first-order chi connectivity index (χ1) is 11.3. The van der Waals surface area contributed by atoms with Crippen LogP contribution in [0.1, 0.15) is 68.9 Å². The van der Waals surface area contributed by atoms with Gasteiger partial charge in [-0.15, -0.1) is 0 Å². The highest BCUT2D eigenvalue weighted by atomic mass is 19.4. The Hall–Kier alpha value is -1.57. The zero-order chi connectivity index (χ0) is 17.7. The predicted octanol–water partition coefficient (Wildman–Crippen LogP) is 6.34. The highest BCUT2D eigenvalue weighted by molar-refractivity contribution is 5.40. The van der Waals surface area contributed by atoms with Gasteiger partial charge in [-0.25, -0.2) is 8.78 Å². The lowest BCUT2D eigenvalue weighted by Gasteiger charge is -2.29. The van der Waals surface area contributed by atoms with Gasteiger partial charge in [0, 0.05) is 5.92 Å². The minimum absolute atomic E-state index is 0.0662. The van der Waals surface area contributed by atoms with Crippen molar-refractivity contribution in [2.75, 3.05) is 0 Å². The SMILES string of the molecule is CCCCC1CCC(c2cc(F)c(C#CC(F)(F)F)c(F)c2)CC1. The van der Waals surface area contributed by atoms with E-state index in [0.717, 1.165) is 50.2 Å². The number of unbranched alkanes of at least 4 members (excludes halogenated alkanes) is 1. The topological polar surface area (TPSA) is 0 Å². The monoisotopic (exact) mass is 344 g/mol. The Bertz CT molecular complexity index is 590. The molecule has 0 unspecified atom stereocenters. The smallest absolute Gasteiger partial charge is 0.206 e. The van der Waals surface area contributed by atoms with Gasteiger partial charge in [0.05, 0.1) is 5.56 Å². The molecule has 0 amide bonds. The average Bonchev–Trinajstić information content (AvgIpc) is 2.51. The molecule has 132 valence electrons. The van der Waals surface area contributed by atoms with Gasteiger partial charge in [0.15, 0.2) is 0 Å². The van der Waals surface area contributed by atoms with Crippen LogP contribution in [0.15, 0.2) is 12.1 Å². The first-order valence-electron chi connectivity index (χ1n) is 8.39. The number of alkyl halides is 3. The van der Waals surface area contributed by atoms with Crippen LogP contribution >= 0.6 is 0 Å². The molecule has 0 atom stereocenters. The fourth-order valence-electron chi connectivity index (χ4n) is 3.36. The van der Waals surface area contributed by atoms with E-state index in [2.05, 4.69) is 6.92 Å². The van der Waals surface area contributed by atoms with Crippen LogP contribution in [0.5, 0.6) is 0 Å². The van der Waals surface area contributed by atoms with Crippen molar-refractivity contribution in [3.05, 3.63) is 34.9 Å². The van der Waals surface area contributed by atoms with Crippen molar-refractivity contribution in [2.45, 2.75) is 64.0 Å². The summed E-state index contributed by atoms with van der Waals surface area (Å²) in [7, 11) is 0. The molecular weight excluding hydrogens is 323 g/mol. The quantitative estimate of drug-likeness (QED) is 0.441. The molecule has 0 radical (unpaired) electrons. The third-order valence-corrected chi connectivity index (χ3v) is 4.68. The molecule has 0 N–H and O–H groups in total. The third-order valence-electron chi connectivity index (χ3n) is 4.68. The zero-order valence-electron chi connectivity index (χ0n) is 13.6. The Morgan fingerprint density at radius 2 is 1.62 bits per heavy atom. The van der Waals surface area contributed by atoms with Gasteiger partial charge in [-0.1, -0.05) is 32.1 Å². The standard InChI is InChI=1S/C19H21F5/c1-2-3-4-13-5-7-14(8-6-13)15-11-17(20)16(18(21)12-15)9-10-19(22,23)24/h11-14H,2-8H2,1H3. The predicted molar refractivity (Wildman–Crippen MR) is 83.5 cm³/mol. The van der Waals surface area contributed by atoms with Crippen molar-refractivity contribution in [3.8, 4) is 11.8 Å². The van der Waals surface area contributed by atoms with Crippen LogP contribution in [0, 0.1) is 29.4 Å². The number of benzene rings is 1. The van der Waals surface area contributed by atoms with Gasteiger partial charge in [0.2, 0.25) is 0 Å². The molecule has 1 saturated carbocycles. The molecule has 0 nitrogen and oxygen atoms in total. The molecule has 2 rings (SSSR count). The molecular formula is C19H21F5. The van der Waals surface area contributed by atoms with Crippen LogP contribution in [0.2, 0.25) is 0 Å². The molecule has 1 aromatic rings. The van der Waals surface area contributed by atoms with Crippen LogP contribution in [-0.2, 0) is 0 Å². The minimum Gasteiger partial charge on any atom is -0.206 e. The largest absolute Gasteiger partial charge is 0.458 e. The van der Waals surface area contributed by atoms with Crippen molar-refractivity contribution in [3.63, 3.8) is 0 Å². The average molecular weight is 344 g/mol. The number of hydrogen-bond donors (Lipinski definition) is 0. The summed E-state index contributed by atoms with van der Waals surface area (Å²) < 4.78 is 64.2. The molecule has 24 heavy (non-hydrogen) atoms. The van der Waals surface area contributed by atoms with Crippen LogP contribution in [0.3, 0.4) is 0 Å². The van der Waals surface area contributed by atoms with E-state index in [0.29, 0.717) is 11.5 Å². The summed E-state index contributed by atoms with van der Waals surface area (Å²) in [5, 5.41) is 0. The molecule has 0 aliphatic heterocycles. The van der Waals surface area contributed by atoms with E-state index in [1.165, 1.54) is 12.8 Å². The Kier molecular flexibility index (Phi) is 6.26. The van der Waals surface area contributed by atoms with E-state index in [9.17, 15) is 22.0 Å². The van der Waals surface area contributed by atoms with Crippen molar-refractivity contribution in [2.24, 2.45) is 5.92 Å². The van der Waals surface area contributed by atoms with E-state index >= 15 is 0 Å². The normalized spacial score (nSPS) is 21.2. The van der Waals surface area contributed by atoms with E-state index in [-0.39, 0.29) is 5.92 Å². The van der Waals surface area contributed by atoms with Gasteiger partial charge in [-0.05, 0) is 55.2 Å². The maximum Gasteiger partial charge on any atom is 0.458 e. The molecule has 0 bridgehead atoms. The molecule has 5 heteroatoms. The highest BCUT2D eigenvalue weighted by Gasteiger charge is 2.25. The minimum atomic E-state index is -4.77. The van der Waals surface area contributed by atoms with Crippen molar-refractivity contribution >= 4 is 0 Å². The second-order valence-corrected chi connectivity index (χ2v) is 6.47. The Morgan fingerprint density at radius 1 is 1.04 bits per heavy atom. The van der Waals surface area contributed by atoms with E-state index in [4.69, 9.17) is 0 Å². The Morgan fingerprint density at radius 3 is 2.12 bits per heavy atom. The maximum atomic E-state index is 14.0. The summed E-state index contributed by atoms with van der Waals surface area (Å²) in [6, 6.07) is 2.28. The lowest BCUT2D eigenvalue weighted by Crippen LogP contribution is -2.14. The fraction of sp³-hybridized carbons (Fsp3) is 0.579. The van der Waals surface area contributed by atoms with Gasteiger partial charge < -0.3 is 0 Å². The van der Waals surface area contributed by atoms with Gasteiger partial charge in [-0.2, -0.15) is 13.2 Å². The first kappa shape index (κ1) is 18.8. The van der Waals surface area contributed by atoms with Crippen LogP contribution in [-0.4, -0.2) is 6.18 Å². The number of hydrogen-bond acceptors (Lipinski definition) is 0. The summed E-state index contributed by atoms with van der Waals surface area (Å²) in [5.41, 5.74) is -0.288. The Balaban J connectivity index is 2.09. The lowest BCUT2D eigenvalue weighted by atomic mass is 9.77. The van der Waals surface area contributed by atoms with Crippen LogP contribution in [0.25, 0.3) is 0 Å². The summed E-state index contributed by atoms with van der Waals surface area (Å²) >= 11 is 0. The number of halogens is 5. The molecule has 1 aliphatic rings. The highest BCUT2D eigenvalue weighted by Crippen LogP contribution is 2.38. The second kappa shape index (κ2) is 8.00. The fourth-order valence-corrected chi connectivity index (χ4v) is 3.36. The summed E-state index contributed by atoms with van der Waals surface area (Å²) in [5.74, 6) is 1.17. The van der Waals surface area contributed by atoms with Crippen molar-refractivity contribution in [1.29, 1.82) is 0 Å². The van der Waals surface area contributed by atoms with Crippen molar-refractivity contribution in [1.82, 2.24) is 0 Å². The van der Waals surface area contributed by atoms with Crippen LogP contribution < -0.4 is 0 Å². The van der Waals surface area contributed by atoms with E-state index < -0.39 is 23.4 Å². The first-order valence-corrected chi connectivity index (χ1v) is 8.39. The van der Waals surface area contributed by atoms with Crippen LogP contribution in [0.4, 0.5) is 22.0 Å². The van der Waals surface area contributed by atoms with Gasteiger partial charge >= 0.3 is 6.18 Å². The van der Waals surface area contributed by atoms with Gasteiger partial charge in [-0.3, -0.25) is 0 Å². The Labute approximate surface area is 139 Å². The molecule has 0 saturated heterocycles. The molecule has 1 aliphatic carbocycles. The van der Waals surface area contributed by atoms with E-state index in [1.807, 2.05) is 0 Å². The molecule has 0 heterocycles. The van der Waals surface area contributed by atoms with Gasteiger partial charge in [0.25, 0.3) is 0 Å². The third kappa shape index (κ3) is 5.22. The molecule has 0 aromatic heterocycles. The molecule has 1 aromatic carbocycles. The maximum absolute atomic E-state index is 14.0. The van der Waals surface area contributed by atoms with E-state index in [1.54, 1.807) is 5.92 Å². The lowest BCUT2D eigenvalue weighted by molar-refractivity contribution is -0.0696. The summed E-state index contributed by atoms with van der Waals surface area (Å²) in [4.78, 5) is 0. The van der Waals surface area contributed by atoms with Gasteiger partial charge in [0.1, 0.15) is 11.6 Å². The number of rotatable bonds is 4. The zero-order valence-corrected chi connectivity index (χ0v) is 13.6.